The van der Waals surface area contributed by atoms with Gasteiger partial charge in [0.15, 0.2) is 17.3 Å². The van der Waals surface area contributed by atoms with E-state index in [9.17, 15) is 8.78 Å². The third-order valence-corrected chi connectivity index (χ3v) is 18.5. The number of halogens is 2. The number of aryl methyl sites for hydroxylation is 5. The Morgan fingerprint density at radius 1 is 0.318 bits per heavy atom. The summed E-state index contributed by atoms with van der Waals surface area (Å²) in [5, 5.41) is 1.30. The maximum atomic E-state index is 13.3. The number of rotatable bonds is 23. The summed E-state index contributed by atoms with van der Waals surface area (Å²) in [5.41, 5.74) is 18.1. The lowest BCUT2D eigenvalue weighted by Crippen LogP contribution is -1.92. The van der Waals surface area contributed by atoms with Crippen LogP contribution in [0.5, 0.6) is 28.7 Å². The molecule has 132 heavy (non-hydrogen) atoms. The van der Waals surface area contributed by atoms with Gasteiger partial charge in [-0.25, -0.2) is 13.8 Å². The molecular formula is C117H150F2N8O5. The van der Waals surface area contributed by atoms with Gasteiger partial charge in [-0.2, -0.15) is 0 Å². The van der Waals surface area contributed by atoms with Crippen LogP contribution in [0.15, 0.2) is 250 Å². The molecule has 0 saturated heterocycles. The van der Waals surface area contributed by atoms with E-state index in [0.717, 1.165) is 69.0 Å². The van der Waals surface area contributed by atoms with Crippen molar-refractivity contribution in [2.45, 2.75) is 173 Å². The number of hydrogen-bond acceptors (Lipinski definition) is 12. The summed E-state index contributed by atoms with van der Waals surface area (Å²) in [6, 6.07) is 44.2. The molecule has 3 aromatic carbocycles. The van der Waals surface area contributed by atoms with Gasteiger partial charge in [-0.05, 0) is 264 Å². The van der Waals surface area contributed by atoms with Crippen molar-refractivity contribution in [3.05, 3.63) is 351 Å². The Kier molecular flexibility index (Phi) is 52.8. The van der Waals surface area contributed by atoms with Crippen LogP contribution in [0, 0.1) is 98.5 Å². The molecule has 1 aliphatic carbocycles. The molecule has 0 saturated carbocycles. The average Bonchev–Trinajstić information content (AvgIpc) is 1.68. The molecule has 13 nitrogen and oxygen atoms in total. The van der Waals surface area contributed by atoms with Crippen molar-refractivity contribution in [2.75, 3.05) is 28.1 Å². The van der Waals surface area contributed by atoms with E-state index >= 15 is 0 Å². The Hall–Kier alpha value is -12.8. The molecule has 0 bridgehead atoms. The van der Waals surface area contributed by atoms with E-state index < -0.39 is 0 Å². The highest BCUT2D eigenvalue weighted by Gasteiger charge is 2.13. The van der Waals surface area contributed by atoms with Gasteiger partial charge in [-0.1, -0.05) is 284 Å². The molecule has 8 aromatic heterocycles. The zero-order chi connectivity index (χ0) is 97.5. The molecular weight excluding hydrogens is 1640 g/mol. The van der Waals surface area contributed by atoms with Crippen molar-refractivity contribution < 1.29 is 32.5 Å². The zero-order valence-corrected chi connectivity index (χ0v) is 84.1. The highest BCUT2D eigenvalue weighted by molar-refractivity contribution is 5.82. The first-order valence-electron chi connectivity index (χ1n) is 46.1. The van der Waals surface area contributed by atoms with Crippen molar-refractivity contribution >= 4 is 77.7 Å². The molecule has 0 atom stereocenters. The third kappa shape index (κ3) is 49.3. The SMILES string of the molecule is CC(C)/C=C/c1ccc2c(c1)CC=C2.CC(C)/C=C/c1ccc2c(c1)OCO2.CC(C)/C=C/c1ccc2ccn(C)c2c1.COc1ccc(/C=C/C(C)C)nc1.COc1ccc(/C=C/C(C)C)nc1.COc1cnc(/C=C/C(C)C)c(F)c1.Cc1ccc(/C=C/C(C)C)nc1.Cc1ccc(/C=C/C(C)C)nc1.Cc1ccc(/C=C/C(C)C)nc1.Cc1cnc(/C=C/C(C)C)c(F)c1. The second kappa shape index (κ2) is 62.5. The van der Waals surface area contributed by atoms with Crippen LogP contribution in [0.2, 0.25) is 0 Å². The first kappa shape index (κ1) is 112. The fourth-order valence-electron chi connectivity index (χ4n) is 11.0. The van der Waals surface area contributed by atoms with Gasteiger partial charge < -0.3 is 28.3 Å². The summed E-state index contributed by atoms with van der Waals surface area (Å²) in [7, 11) is 6.85. The summed E-state index contributed by atoms with van der Waals surface area (Å²) in [6.45, 7) is 51.0. The fourth-order valence-corrected chi connectivity index (χ4v) is 11.0. The minimum atomic E-state index is -0.360. The number of pyridine rings is 7. The van der Waals surface area contributed by atoms with Crippen LogP contribution in [-0.2, 0) is 13.5 Å². The molecule has 15 heteroatoms. The third-order valence-electron chi connectivity index (χ3n) is 18.5. The highest BCUT2D eigenvalue weighted by Crippen LogP contribution is 2.33. The maximum Gasteiger partial charge on any atom is 0.231 e. The molecule has 0 amide bonds. The topological polar surface area (TPSA) is 141 Å². The van der Waals surface area contributed by atoms with Gasteiger partial charge >= 0.3 is 0 Å². The molecule has 0 fully saturated rings. The van der Waals surface area contributed by atoms with Crippen LogP contribution in [0.1, 0.15) is 228 Å². The van der Waals surface area contributed by atoms with Gasteiger partial charge in [0.25, 0.3) is 0 Å². The van der Waals surface area contributed by atoms with Gasteiger partial charge in [-0.3, -0.25) is 29.9 Å². The summed E-state index contributed by atoms with van der Waals surface area (Å²) in [6.07, 6.45) is 61.2. The van der Waals surface area contributed by atoms with Crippen LogP contribution < -0.4 is 23.7 Å². The normalized spacial score (nSPS) is 12.0. The van der Waals surface area contributed by atoms with Crippen LogP contribution in [0.3, 0.4) is 0 Å². The maximum absolute atomic E-state index is 13.3. The molecule has 13 rings (SSSR count). The van der Waals surface area contributed by atoms with Gasteiger partial charge in [0.1, 0.15) is 23.1 Å². The van der Waals surface area contributed by atoms with E-state index in [1.165, 1.54) is 75.3 Å². The van der Waals surface area contributed by atoms with E-state index in [1.54, 1.807) is 45.0 Å². The number of methoxy groups -OCH3 is 3. The molecule has 0 unspecified atom stereocenters. The fraction of sp³-hybridized carbons (Fsp3) is 0.342. The molecule has 2 aliphatic rings. The van der Waals surface area contributed by atoms with E-state index in [2.05, 4.69) is 321 Å². The number of allylic oxidation sites excluding steroid dienone is 11. The summed E-state index contributed by atoms with van der Waals surface area (Å²) >= 11 is 0. The van der Waals surface area contributed by atoms with Gasteiger partial charge in [-0.15, -0.1) is 0 Å². The van der Waals surface area contributed by atoms with E-state index in [4.69, 9.17) is 23.7 Å². The van der Waals surface area contributed by atoms with Crippen molar-refractivity contribution in [3.63, 3.8) is 0 Å². The molecule has 1 aliphatic heterocycles. The number of nitrogens with zero attached hydrogens (tertiary/aromatic N) is 8. The van der Waals surface area contributed by atoms with E-state index in [0.29, 0.717) is 83.1 Å². The number of hydrogen-bond donors (Lipinski definition) is 0. The Balaban J connectivity index is 0.000000307. The Morgan fingerprint density at radius 3 is 1.02 bits per heavy atom. The average molecular weight is 1790 g/mol. The quantitative estimate of drug-likeness (QED) is 0.0602. The Morgan fingerprint density at radius 2 is 0.652 bits per heavy atom. The molecule has 702 valence electrons. The monoisotopic (exact) mass is 1790 g/mol. The van der Waals surface area contributed by atoms with Crippen molar-refractivity contribution in [1.29, 1.82) is 0 Å². The van der Waals surface area contributed by atoms with Crippen LogP contribution in [-0.4, -0.2) is 67.6 Å². The number of aromatic nitrogens is 8. The van der Waals surface area contributed by atoms with E-state index in [-0.39, 0.29) is 11.6 Å². The van der Waals surface area contributed by atoms with Crippen molar-refractivity contribution in [2.24, 2.45) is 66.2 Å². The summed E-state index contributed by atoms with van der Waals surface area (Å²) < 4.78 is 54.0. The van der Waals surface area contributed by atoms with Crippen molar-refractivity contribution in [3.8, 4) is 28.7 Å². The minimum Gasteiger partial charge on any atom is -0.495 e. The van der Waals surface area contributed by atoms with Crippen molar-refractivity contribution in [1.82, 2.24) is 39.5 Å². The lowest BCUT2D eigenvalue weighted by Gasteiger charge is -2.01. The van der Waals surface area contributed by atoms with Crippen LogP contribution in [0.4, 0.5) is 8.78 Å². The smallest absolute Gasteiger partial charge is 0.231 e. The zero-order valence-electron chi connectivity index (χ0n) is 84.1. The van der Waals surface area contributed by atoms with Crippen LogP contribution in [0.25, 0.3) is 77.7 Å². The minimum absolute atomic E-state index is 0.253. The molecule has 9 heterocycles. The number of fused-ring (bicyclic) bond motifs is 3. The Labute approximate surface area is 792 Å². The molecule has 11 aromatic rings. The molecule has 0 radical (unpaired) electrons. The Bertz CT molecular complexity index is 5220. The largest absolute Gasteiger partial charge is 0.495 e. The van der Waals surface area contributed by atoms with Gasteiger partial charge in [0, 0.05) is 49.6 Å². The standard InChI is InChI=1S/C14H17N.C14H16.C12H14O2.C11H14FNO.C11H14FN.2C11H15NO.3C11H15N/c1-11(2)4-5-12-6-7-13-8-9-15(3)14(13)10-12;1-11(2)6-7-12-8-9-13-4-3-5-14(13)10-12;1-9(2)3-4-10-5-6-11-12(7-10)14-8-13-11;1-8(2)4-5-11-10(12)6-9(14-3)7-13-11;1-8(2)4-5-11-10(12)6-9(3)7-13-11;2*1-9(2)4-5-10-6-7-11(13-3)8-12-10;3*1-9(2)4-6-11-7-5-10(3)8-12-11/h4-11H,1-3H3;3-4,6-11H,5H2,1-2H3;3-7,9H,8H2,1-2H3;4-8H,1-3H3;4-8H,1-3H3;2*4-9H,1-3H3;3*4-9H,1-3H3/b5-4+;7-6+;4-3+;4*5-4+;3*6-4+. The second-order valence-corrected chi connectivity index (χ2v) is 35.6. The molecule has 0 N–H and O–H groups in total. The summed E-state index contributed by atoms with van der Waals surface area (Å²) in [4.78, 5) is 29.1. The molecule has 0 spiro atoms. The predicted molar refractivity (Wildman–Crippen MR) is 562 cm³/mol. The van der Waals surface area contributed by atoms with E-state index in [1.807, 2.05) is 159 Å². The summed E-state index contributed by atoms with van der Waals surface area (Å²) in [5.74, 6) is 8.59. The van der Waals surface area contributed by atoms with Gasteiger partial charge in [0.05, 0.1) is 79.8 Å². The highest BCUT2D eigenvalue weighted by atomic mass is 19.1. The second-order valence-electron chi connectivity index (χ2n) is 35.6. The first-order valence-corrected chi connectivity index (χ1v) is 46.1. The number of benzene rings is 3. The van der Waals surface area contributed by atoms with Gasteiger partial charge in [0.2, 0.25) is 6.79 Å². The number of ether oxygens (including phenoxy) is 5. The lowest BCUT2D eigenvalue weighted by molar-refractivity contribution is 0.174. The van der Waals surface area contributed by atoms with Crippen LogP contribution >= 0.6 is 0 Å². The first-order chi connectivity index (χ1) is 62.9. The lowest BCUT2D eigenvalue weighted by atomic mass is 10.0. The predicted octanol–water partition coefficient (Wildman–Crippen LogP) is 31.7.